The first-order chi connectivity index (χ1) is 7.74. The fraction of sp³-hybridized carbons (Fsp3) is 0.417. The van der Waals surface area contributed by atoms with Crippen molar-refractivity contribution in [3.05, 3.63) is 23.2 Å². The summed E-state index contributed by atoms with van der Waals surface area (Å²) in [7, 11) is 1.67. The molecule has 2 rings (SSSR count). The van der Waals surface area contributed by atoms with E-state index in [9.17, 15) is 0 Å². The van der Waals surface area contributed by atoms with E-state index in [0.717, 1.165) is 27.4 Å². The SMILES string of the molecule is COc1cccc2nc(CC(C)CO)sc12. The Labute approximate surface area is 98.7 Å². The van der Waals surface area contributed by atoms with Crippen molar-refractivity contribution in [3.63, 3.8) is 0 Å². The number of hydrogen-bond acceptors (Lipinski definition) is 4. The van der Waals surface area contributed by atoms with E-state index in [0.29, 0.717) is 0 Å². The predicted octanol–water partition coefficient (Wildman–Crippen LogP) is 2.48. The lowest BCUT2D eigenvalue weighted by Gasteiger charge is -2.02. The fourth-order valence-electron chi connectivity index (χ4n) is 1.58. The zero-order valence-corrected chi connectivity index (χ0v) is 10.3. The normalized spacial score (nSPS) is 12.9. The van der Waals surface area contributed by atoms with Gasteiger partial charge in [-0.3, -0.25) is 0 Å². The van der Waals surface area contributed by atoms with Gasteiger partial charge in [0.25, 0.3) is 0 Å². The van der Waals surface area contributed by atoms with Crippen LogP contribution in [0.5, 0.6) is 5.75 Å². The molecule has 0 spiro atoms. The average molecular weight is 237 g/mol. The van der Waals surface area contributed by atoms with Gasteiger partial charge in [-0.15, -0.1) is 11.3 Å². The van der Waals surface area contributed by atoms with Crippen molar-refractivity contribution in [2.45, 2.75) is 13.3 Å². The quantitative estimate of drug-likeness (QED) is 0.888. The van der Waals surface area contributed by atoms with E-state index in [1.54, 1.807) is 18.4 Å². The lowest BCUT2D eigenvalue weighted by atomic mass is 10.1. The lowest BCUT2D eigenvalue weighted by Crippen LogP contribution is -2.03. The molecule has 4 heteroatoms. The van der Waals surface area contributed by atoms with E-state index in [1.165, 1.54) is 0 Å². The van der Waals surface area contributed by atoms with E-state index in [4.69, 9.17) is 9.84 Å². The summed E-state index contributed by atoms with van der Waals surface area (Å²) in [5.41, 5.74) is 0.976. The molecular weight excluding hydrogens is 222 g/mol. The highest BCUT2D eigenvalue weighted by Crippen LogP contribution is 2.31. The van der Waals surface area contributed by atoms with Gasteiger partial charge in [0.15, 0.2) is 0 Å². The van der Waals surface area contributed by atoms with Gasteiger partial charge < -0.3 is 9.84 Å². The smallest absolute Gasteiger partial charge is 0.138 e. The minimum absolute atomic E-state index is 0.201. The molecule has 0 fully saturated rings. The third-order valence-electron chi connectivity index (χ3n) is 2.48. The van der Waals surface area contributed by atoms with Gasteiger partial charge in [0, 0.05) is 13.0 Å². The van der Waals surface area contributed by atoms with Crippen molar-refractivity contribution in [3.8, 4) is 5.75 Å². The van der Waals surface area contributed by atoms with Crippen molar-refractivity contribution in [1.82, 2.24) is 4.98 Å². The Hall–Kier alpha value is -1.13. The Morgan fingerprint density at radius 3 is 3.00 bits per heavy atom. The van der Waals surface area contributed by atoms with Crippen molar-refractivity contribution < 1.29 is 9.84 Å². The molecule has 0 aliphatic rings. The van der Waals surface area contributed by atoms with Crippen molar-refractivity contribution >= 4 is 21.6 Å². The van der Waals surface area contributed by atoms with Gasteiger partial charge in [-0.2, -0.15) is 0 Å². The van der Waals surface area contributed by atoms with Crippen LogP contribution in [0.4, 0.5) is 0 Å². The number of aliphatic hydroxyl groups is 1. The van der Waals surface area contributed by atoms with Gasteiger partial charge in [-0.25, -0.2) is 4.98 Å². The van der Waals surface area contributed by atoms with Crippen LogP contribution in [0.25, 0.3) is 10.2 Å². The lowest BCUT2D eigenvalue weighted by molar-refractivity contribution is 0.237. The van der Waals surface area contributed by atoms with E-state index in [-0.39, 0.29) is 12.5 Å². The molecule has 2 aromatic rings. The molecule has 86 valence electrons. The number of benzene rings is 1. The van der Waals surface area contributed by atoms with Crippen LogP contribution in [0.1, 0.15) is 11.9 Å². The second-order valence-electron chi connectivity index (χ2n) is 3.91. The van der Waals surface area contributed by atoms with Gasteiger partial charge in [-0.05, 0) is 18.1 Å². The average Bonchev–Trinajstić information content (AvgIpc) is 2.70. The van der Waals surface area contributed by atoms with Crippen LogP contribution in [-0.4, -0.2) is 23.8 Å². The number of hydrogen-bond donors (Lipinski definition) is 1. The molecule has 0 saturated heterocycles. The van der Waals surface area contributed by atoms with Crippen LogP contribution in [0.15, 0.2) is 18.2 Å². The van der Waals surface area contributed by atoms with Crippen molar-refractivity contribution in [2.24, 2.45) is 5.92 Å². The third-order valence-corrected chi connectivity index (χ3v) is 3.59. The summed E-state index contributed by atoms with van der Waals surface area (Å²) in [6.07, 6.45) is 0.818. The highest BCUT2D eigenvalue weighted by Gasteiger charge is 2.10. The second kappa shape index (κ2) is 4.80. The molecule has 0 bridgehead atoms. The van der Waals surface area contributed by atoms with Crippen LogP contribution < -0.4 is 4.74 Å². The van der Waals surface area contributed by atoms with Crippen LogP contribution >= 0.6 is 11.3 Å². The van der Waals surface area contributed by atoms with Gasteiger partial charge in [0.05, 0.1) is 22.3 Å². The number of rotatable bonds is 4. The van der Waals surface area contributed by atoms with Crippen LogP contribution in [-0.2, 0) is 6.42 Å². The zero-order valence-electron chi connectivity index (χ0n) is 9.43. The molecule has 0 saturated carbocycles. The minimum atomic E-state index is 0.201. The molecule has 0 aliphatic heterocycles. The highest BCUT2D eigenvalue weighted by molar-refractivity contribution is 7.19. The van der Waals surface area contributed by atoms with Gasteiger partial charge >= 0.3 is 0 Å². The summed E-state index contributed by atoms with van der Waals surface area (Å²) >= 11 is 1.64. The standard InChI is InChI=1S/C12H15NO2S/c1-8(7-14)6-11-13-9-4-3-5-10(15-2)12(9)16-11/h3-5,8,14H,6-7H2,1-2H3. The molecule has 16 heavy (non-hydrogen) atoms. The van der Waals surface area contributed by atoms with E-state index in [2.05, 4.69) is 4.98 Å². The van der Waals surface area contributed by atoms with Gasteiger partial charge in [0.2, 0.25) is 0 Å². The fourth-order valence-corrected chi connectivity index (χ4v) is 2.80. The molecule has 1 atom stereocenters. The summed E-state index contributed by atoms with van der Waals surface area (Å²) in [6.45, 7) is 2.22. The molecule has 0 radical (unpaired) electrons. The minimum Gasteiger partial charge on any atom is -0.495 e. The number of aliphatic hydroxyl groups excluding tert-OH is 1. The van der Waals surface area contributed by atoms with Gasteiger partial charge in [-0.1, -0.05) is 13.0 Å². The summed E-state index contributed by atoms with van der Waals surface area (Å²) in [5, 5.41) is 10.1. The molecule has 1 aromatic carbocycles. The molecule has 0 amide bonds. The van der Waals surface area contributed by atoms with E-state index >= 15 is 0 Å². The monoisotopic (exact) mass is 237 g/mol. The largest absolute Gasteiger partial charge is 0.495 e. The maximum absolute atomic E-state index is 9.02. The number of ether oxygens (including phenoxy) is 1. The highest BCUT2D eigenvalue weighted by atomic mass is 32.1. The van der Waals surface area contributed by atoms with Crippen molar-refractivity contribution in [2.75, 3.05) is 13.7 Å². The molecule has 1 N–H and O–H groups in total. The predicted molar refractivity (Wildman–Crippen MR) is 66.1 cm³/mol. The number of thiazole rings is 1. The number of aromatic nitrogens is 1. The molecule has 3 nitrogen and oxygen atoms in total. The Morgan fingerprint density at radius 2 is 2.31 bits per heavy atom. The van der Waals surface area contributed by atoms with E-state index in [1.807, 2.05) is 25.1 Å². The van der Waals surface area contributed by atoms with Crippen LogP contribution in [0, 0.1) is 5.92 Å². The molecule has 1 heterocycles. The molecule has 1 aromatic heterocycles. The topological polar surface area (TPSA) is 42.4 Å². The maximum atomic E-state index is 9.02. The Balaban J connectivity index is 2.36. The maximum Gasteiger partial charge on any atom is 0.138 e. The first kappa shape index (κ1) is 11.4. The number of fused-ring (bicyclic) bond motifs is 1. The summed E-state index contributed by atoms with van der Waals surface area (Å²) < 4.78 is 6.38. The summed E-state index contributed by atoms with van der Waals surface area (Å²) in [4.78, 5) is 4.54. The van der Waals surface area contributed by atoms with Crippen LogP contribution in [0.3, 0.4) is 0 Å². The first-order valence-corrected chi connectivity index (χ1v) is 6.09. The van der Waals surface area contributed by atoms with Crippen molar-refractivity contribution in [1.29, 1.82) is 0 Å². The number of methoxy groups -OCH3 is 1. The summed E-state index contributed by atoms with van der Waals surface area (Å²) in [6, 6.07) is 5.88. The van der Waals surface area contributed by atoms with Crippen LogP contribution in [0.2, 0.25) is 0 Å². The first-order valence-electron chi connectivity index (χ1n) is 5.28. The molecular formula is C12H15NO2S. The molecule has 0 aliphatic carbocycles. The molecule has 1 unspecified atom stereocenters. The second-order valence-corrected chi connectivity index (χ2v) is 4.99. The Morgan fingerprint density at radius 1 is 1.50 bits per heavy atom. The summed E-state index contributed by atoms with van der Waals surface area (Å²) in [5.74, 6) is 1.13. The van der Waals surface area contributed by atoms with Gasteiger partial charge in [0.1, 0.15) is 5.75 Å². The number of nitrogens with zero attached hydrogens (tertiary/aromatic N) is 1. The third kappa shape index (κ3) is 2.18. The zero-order chi connectivity index (χ0) is 11.5. The van der Waals surface area contributed by atoms with E-state index < -0.39 is 0 Å². The Kier molecular flexibility index (Phi) is 3.41. The Bertz CT molecular complexity index is 481.